The van der Waals surface area contributed by atoms with Gasteiger partial charge in [-0.25, -0.2) is 4.98 Å². The van der Waals surface area contributed by atoms with Gasteiger partial charge in [-0.3, -0.25) is 4.79 Å². The molecule has 0 atom stereocenters. The molecule has 0 unspecified atom stereocenters. The molecule has 0 aromatic carbocycles. The number of nitrogens with zero attached hydrogens (tertiary/aromatic N) is 1. The highest BCUT2D eigenvalue weighted by Gasteiger charge is 2.34. The fraction of sp³-hybridized carbons (Fsp3) is 0.429. The molecular formula is C14H16N2O3S. The number of aryl methyl sites for hydroxylation is 1. The summed E-state index contributed by atoms with van der Waals surface area (Å²) < 4.78 is 5.28. The number of rotatable bonds is 4. The molecule has 20 heavy (non-hydrogen) atoms. The van der Waals surface area contributed by atoms with Crippen LogP contribution in [-0.4, -0.2) is 28.1 Å². The quantitative estimate of drug-likeness (QED) is 0.907. The van der Waals surface area contributed by atoms with Crippen LogP contribution in [0.25, 0.3) is 10.8 Å². The maximum atomic E-state index is 12.1. The van der Waals surface area contributed by atoms with Crippen LogP contribution in [0.4, 0.5) is 0 Å². The smallest absolute Gasteiger partial charge is 0.271 e. The van der Waals surface area contributed by atoms with Crippen LogP contribution >= 0.6 is 11.3 Å². The fourth-order valence-corrected chi connectivity index (χ4v) is 3.08. The van der Waals surface area contributed by atoms with Gasteiger partial charge in [0, 0.05) is 11.4 Å². The molecule has 106 valence electrons. The third-order valence-corrected chi connectivity index (χ3v) is 4.59. The average molecular weight is 292 g/mol. The second-order valence-electron chi connectivity index (χ2n) is 5.16. The van der Waals surface area contributed by atoms with Gasteiger partial charge in [-0.05, 0) is 38.3 Å². The van der Waals surface area contributed by atoms with Gasteiger partial charge in [0.05, 0.1) is 11.9 Å². The van der Waals surface area contributed by atoms with Crippen LogP contribution in [0.1, 0.15) is 34.6 Å². The lowest BCUT2D eigenvalue weighted by Crippen LogP contribution is -2.47. The molecule has 2 aromatic rings. The Morgan fingerprint density at radius 1 is 1.60 bits per heavy atom. The van der Waals surface area contributed by atoms with Crippen molar-refractivity contribution in [1.29, 1.82) is 0 Å². The normalized spacial score (nSPS) is 16.7. The first-order valence-electron chi connectivity index (χ1n) is 6.59. The maximum Gasteiger partial charge on any atom is 0.271 e. The standard InChI is InChI=1S/C14H16N2O3S/c1-9-11(12(17)15-8-14(18)5-3-6-14)16-13(20-9)10-4-2-7-19-10/h2,4,7,18H,3,5-6,8H2,1H3,(H,15,17). The predicted octanol–water partition coefficient (Wildman–Crippen LogP) is 2.36. The number of carbonyl (C=O) groups is 1. The maximum absolute atomic E-state index is 12.1. The van der Waals surface area contributed by atoms with Crippen LogP contribution in [0.5, 0.6) is 0 Å². The highest BCUT2D eigenvalue weighted by molar-refractivity contribution is 7.15. The molecule has 1 amide bonds. The molecule has 1 fully saturated rings. The van der Waals surface area contributed by atoms with E-state index in [0.29, 0.717) is 23.0 Å². The second-order valence-corrected chi connectivity index (χ2v) is 6.36. The molecule has 1 aliphatic carbocycles. The molecule has 0 spiro atoms. The summed E-state index contributed by atoms with van der Waals surface area (Å²) in [7, 11) is 0. The lowest BCUT2D eigenvalue weighted by Gasteiger charge is -2.36. The second kappa shape index (κ2) is 5.03. The Morgan fingerprint density at radius 2 is 2.40 bits per heavy atom. The summed E-state index contributed by atoms with van der Waals surface area (Å²) >= 11 is 1.43. The Bertz CT molecular complexity index is 614. The highest BCUT2D eigenvalue weighted by Crippen LogP contribution is 2.31. The Labute approximate surface area is 120 Å². The number of amides is 1. The van der Waals surface area contributed by atoms with Gasteiger partial charge >= 0.3 is 0 Å². The van der Waals surface area contributed by atoms with Crippen molar-refractivity contribution in [2.24, 2.45) is 0 Å². The van der Waals surface area contributed by atoms with E-state index in [1.165, 1.54) is 11.3 Å². The molecule has 5 nitrogen and oxygen atoms in total. The van der Waals surface area contributed by atoms with Gasteiger partial charge in [-0.15, -0.1) is 11.3 Å². The van der Waals surface area contributed by atoms with E-state index in [0.717, 1.165) is 24.1 Å². The molecule has 0 aliphatic heterocycles. The number of furan rings is 1. The molecule has 1 saturated carbocycles. The van der Waals surface area contributed by atoms with Crippen LogP contribution < -0.4 is 5.32 Å². The molecule has 0 bridgehead atoms. The van der Waals surface area contributed by atoms with Crippen LogP contribution in [0.15, 0.2) is 22.8 Å². The summed E-state index contributed by atoms with van der Waals surface area (Å²) in [5.74, 6) is 0.423. The monoisotopic (exact) mass is 292 g/mol. The molecule has 6 heteroatoms. The van der Waals surface area contributed by atoms with E-state index in [4.69, 9.17) is 4.42 Å². The fourth-order valence-electron chi connectivity index (χ4n) is 2.20. The Kier molecular flexibility index (Phi) is 3.35. The minimum Gasteiger partial charge on any atom is -0.462 e. The first-order valence-corrected chi connectivity index (χ1v) is 7.41. The minimum absolute atomic E-state index is 0.239. The Hall–Kier alpha value is -1.66. The van der Waals surface area contributed by atoms with Gasteiger partial charge in [0.2, 0.25) is 0 Å². The van der Waals surface area contributed by atoms with Gasteiger partial charge < -0.3 is 14.8 Å². The SMILES string of the molecule is Cc1sc(-c2ccco2)nc1C(=O)NCC1(O)CCC1. The van der Waals surface area contributed by atoms with E-state index >= 15 is 0 Å². The average Bonchev–Trinajstić information content (AvgIpc) is 3.02. The summed E-state index contributed by atoms with van der Waals surface area (Å²) in [6.07, 6.45) is 4.10. The number of nitrogens with one attached hydrogen (secondary N) is 1. The van der Waals surface area contributed by atoms with Gasteiger partial charge in [0.25, 0.3) is 5.91 Å². The van der Waals surface area contributed by atoms with Gasteiger partial charge in [-0.2, -0.15) is 0 Å². The zero-order chi connectivity index (χ0) is 14.2. The molecule has 0 saturated heterocycles. The van der Waals surface area contributed by atoms with Crippen LogP contribution in [0, 0.1) is 6.92 Å². The number of hydrogen-bond acceptors (Lipinski definition) is 5. The van der Waals surface area contributed by atoms with E-state index < -0.39 is 5.60 Å². The lowest BCUT2D eigenvalue weighted by molar-refractivity contribution is -0.0300. The zero-order valence-electron chi connectivity index (χ0n) is 11.2. The summed E-state index contributed by atoms with van der Waals surface area (Å²) in [6, 6.07) is 3.61. The van der Waals surface area contributed by atoms with Crippen molar-refractivity contribution in [3.05, 3.63) is 29.0 Å². The molecular weight excluding hydrogens is 276 g/mol. The first-order chi connectivity index (χ1) is 9.57. The molecule has 2 heterocycles. The topological polar surface area (TPSA) is 75.4 Å². The van der Waals surface area contributed by atoms with E-state index in [1.807, 2.05) is 13.0 Å². The third-order valence-electron chi connectivity index (χ3n) is 3.61. The van der Waals surface area contributed by atoms with Crippen molar-refractivity contribution in [3.63, 3.8) is 0 Å². The largest absolute Gasteiger partial charge is 0.462 e. The highest BCUT2D eigenvalue weighted by atomic mass is 32.1. The van der Waals surface area contributed by atoms with Crippen molar-refractivity contribution >= 4 is 17.2 Å². The van der Waals surface area contributed by atoms with E-state index in [1.54, 1.807) is 12.3 Å². The predicted molar refractivity (Wildman–Crippen MR) is 75.7 cm³/mol. The number of hydrogen-bond donors (Lipinski definition) is 2. The van der Waals surface area contributed by atoms with E-state index in [9.17, 15) is 9.90 Å². The van der Waals surface area contributed by atoms with Crippen LogP contribution in [0.3, 0.4) is 0 Å². The summed E-state index contributed by atoms with van der Waals surface area (Å²) in [4.78, 5) is 17.3. The van der Waals surface area contributed by atoms with E-state index in [-0.39, 0.29) is 5.91 Å². The van der Waals surface area contributed by atoms with Crippen LogP contribution in [-0.2, 0) is 0 Å². The number of aromatic nitrogens is 1. The Morgan fingerprint density at radius 3 is 3.00 bits per heavy atom. The molecule has 1 aliphatic rings. The first kappa shape index (κ1) is 13.3. The zero-order valence-corrected chi connectivity index (χ0v) is 12.0. The Balaban J connectivity index is 1.71. The summed E-state index contributed by atoms with van der Waals surface area (Å²) in [5.41, 5.74) is -0.312. The molecule has 0 radical (unpaired) electrons. The lowest BCUT2D eigenvalue weighted by atomic mass is 9.80. The van der Waals surface area contributed by atoms with Gasteiger partial charge in [-0.1, -0.05) is 0 Å². The van der Waals surface area contributed by atoms with Crippen molar-refractivity contribution in [2.75, 3.05) is 6.54 Å². The van der Waals surface area contributed by atoms with Crippen molar-refractivity contribution in [3.8, 4) is 10.8 Å². The number of carbonyl (C=O) groups excluding carboxylic acids is 1. The molecule has 2 aromatic heterocycles. The molecule has 2 N–H and O–H groups in total. The third kappa shape index (κ3) is 2.48. The van der Waals surface area contributed by atoms with Crippen molar-refractivity contribution in [2.45, 2.75) is 31.8 Å². The van der Waals surface area contributed by atoms with Crippen LogP contribution in [0.2, 0.25) is 0 Å². The minimum atomic E-state index is -0.719. The molecule has 3 rings (SSSR count). The van der Waals surface area contributed by atoms with Crippen molar-refractivity contribution < 1.29 is 14.3 Å². The number of thiazole rings is 1. The summed E-state index contributed by atoms with van der Waals surface area (Å²) in [5, 5.41) is 13.4. The van der Waals surface area contributed by atoms with Crippen molar-refractivity contribution in [1.82, 2.24) is 10.3 Å². The van der Waals surface area contributed by atoms with E-state index in [2.05, 4.69) is 10.3 Å². The van der Waals surface area contributed by atoms with Gasteiger partial charge in [0.15, 0.2) is 10.8 Å². The number of aliphatic hydroxyl groups is 1. The van der Waals surface area contributed by atoms with Gasteiger partial charge in [0.1, 0.15) is 5.69 Å². The summed E-state index contributed by atoms with van der Waals surface area (Å²) in [6.45, 7) is 2.15.